The fraction of sp³-hybridized carbons (Fsp3) is 0.231. The highest BCUT2D eigenvalue weighted by molar-refractivity contribution is 8.26. The molecule has 0 aliphatic carbocycles. The maximum atomic E-state index is 12.2. The van der Waals surface area contributed by atoms with E-state index < -0.39 is 0 Å². The Morgan fingerprint density at radius 1 is 1.42 bits per heavy atom. The van der Waals surface area contributed by atoms with Crippen molar-refractivity contribution in [2.24, 2.45) is 0 Å². The van der Waals surface area contributed by atoms with Crippen LogP contribution in [-0.4, -0.2) is 21.7 Å². The van der Waals surface area contributed by atoms with Crippen LogP contribution in [0.5, 0.6) is 0 Å². The SMILES string of the molecule is CCCN1C(=O)C(=Cc2ccc(Cl)cc2Cl)SC1=S. The Kier molecular flexibility index (Phi) is 4.90. The number of carbonyl (C=O) groups is 1. The molecule has 1 saturated heterocycles. The number of nitrogens with zero attached hydrogens (tertiary/aromatic N) is 1. The number of benzene rings is 1. The summed E-state index contributed by atoms with van der Waals surface area (Å²) in [5, 5.41) is 1.09. The molecule has 100 valence electrons. The largest absolute Gasteiger partial charge is 0.293 e. The van der Waals surface area contributed by atoms with Gasteiger partial charge >= 0.3 is 0 Å². The molecule has 0 bridgehead atoms. The van der Waals surface area contributed by atoms with Crippen LogP contribution in [0.15, 0.2) is 23.1 Å². The molecule has 1 aliphatic heterocycles. The van der Waals surface area contributed by atoms with Crippen molar-refractivity contribution in [2.45, 2.75) is 13.3 Å². The number of hydrogen-bond acceptors (Lipinski definition) is 3. The van der Waals surface area contributed by atoms with Crippen LogP contribution in [0.3, 0.4) is 0 Å². The third kappa shape index (κ3) is 3.31. The summed E-state index contributed by atoms with van der Waals surface area (Å²) in [5.41, 5.74) is 0.767. The highest BCUT2D eigenvalue weighted by Gasteiger charge is 2.31. The van der Waals surface area contributed by atoms with Crippen LogP contribution in [0, 0.1) is 0 Å². The predicted molar refractivity (Wildman–Crippen MR) is 86.6 cm³/mol. The van der Waals surface area contributed by atoms with Gasteiger partial charge in [-0.15, -0.1) is 0 Å². The second-order valence-corrected chi connectivity index (χ2v) is 6.52. The first kappa shape index (κ1) is 14.9. The topological polar surface area (TPSA) is 20.3 Å². The van der Waals surface area contributed by atoms with Crippen molar-refractivity contribution < 1.29 is 4.79 Å². The number of rotatable bonds is 3. The van der Waals surface area contributed by atoms with Crippen LogP contribution in [0.4, 0.5) is 0 Å². The summed E-state index contributed by atoms with van der Waals surface area (Å²) in [6, 6.07) is 5.19. The van der Waals surface area contributed by atoms with Crippen molar-refractivity contribution in [3.05, 3.63) is 38.7 Å². The molecule has 0 unspecified atom stereocenters. The van der Waals surface area contributed by atoms with Gasteiger partial charge in [0.25, 0.3) is 5.91 Å². The lowest BCUT2D eigenvalue weighted by atomic mass is 10.2. The van der Waals surface area contributed by atoms with Crippen LogP contribution in [0.1, 0.15) is 18.9 Å². The zero-order valence-electron chi connectivity index (χ0n) is 10.2. The number of thiocarbonyl (C=S) groups is 1. The fourth-order valence-electron chi connectivity index (χ4n) is 1.68. The lowest BCUT2D eigenvalue weighted by Crippen LogP contribution is -2.28. The van der Waals surface area contributed by atoms with E-state index in [4.69, 9.17) is 35.4 Å². The monoisotopic (exact) mass is 331 g/mol. The molecule has 1 amide bonds. The first-order valence-electron chi connectivity index (χ1n) is 5.73. The lowest BCUT2D eigenvalue weighted by molar-refractivity contribution is -0.122. The van der Waals surface area contributed by atoms with E-state index in [2.05, 4.69) is 0 Å². The van der Waals surface area contributed by atoms with Crippen molar-refractivity contribution in [2.75, 3.05) is 6.54 Å². The molecule has 0 N–H and O–H groups in total. The molecule has 2 rings (SSSR count). The van der Waals surface area contributed by atoms with Gasteiger partial charge in [-0.05, 0) is 30.2 Å². The molecule has 1 heterocycles. The van der Waals surface area contributed by atoms with E-state index in [0.29, 0.717) is 25.8 Å². The zero-order valence-corrected chi connectivity index (χ0v) is 13.3. The summed E-state index contributed by atoms with van der Waals surface area (Å²) in [5.74, 6) is -0.0529. The average Bonchev–Trinajstić information content (AvgIpc) is 2.61. The summed E-state index contributed by atoms with van der Waals surface area (Å²) in [6.07, 6.45) is 2.63. The molecule has 1 aromatic carbocycles. The first-order valence-corrected chi connectivity index (χ1v) is 7.71. The summed E-state index contributed by atoms with van der Waals surface area (Å²) in [7, 11) is 0. The smallest absolute Gasteiger partial charge is 0.266 e. The Morgan fingerprint density at radius 3 is 2.79 bits per heavy atom. The molecular weight excluding hydrogens is 321 g/mol. The third-order valence-electron chi connectivity index (χ3n) is 2.57. The van der Waals surface area contributed by atoms with E-state index in [1.54, 1.807) is 29.2 Å². The highest BCUT2D eigenvalue weighted by Crippen LogP contribution is 2.34. The number of thioether (sulfide) groups is 1. The summed E-state index contributed by atoms with van der Waals surface area (Å²) < 4.78 is 0.600. The molecule has 1 aliphatic rings. The van der Waals surface area contributed by atoms with E-state index in [-0.39, 0.29) is 5.91 Å². The van der Waals surface area contributed by atoms with Gasteiger partial charge < -0.3 is 0 Å². The van der Waals surface area contributed by atoms with Crippen LogP contribution < -0.4 is 0 Å². The minimum absolute atomic E-state index is 0.0529. The Bertz CT molecular complexity index is 572. The molecular formula is C13H11Cl2NOS2. The van der Waals surface area contributed by atoms with Gasteiger partial charge in [0, 0.05) is 16.6 Å². The van der Waals surface area contributed by atoms with Gasteiger partial charge in [-0.25, -0.2) is 0 Å². The molecule has 0 aromatic heterocycles. The lowest BCUT2D eigenvalue weighted by Gasteiger charge is -2.11. The van der Waals surface area contributed by atoms with E-state index in [0.717, 1.165) is 12.0 Å². The molecule has 2 nitrogen and oxygen atoms in total. The predicted octanol–water partition coefficient (Wildman–Crippen LogP) is 4.60. The van der Waals surface area contributed by atoms with E-state index >= 15 is 0 Å². The second-order valence-electron chi connectivity index (χ2n) is 4.00. The average molecular weight is 332 g/mol. The molecule has 1 aromatic rings. The van der Waals surface area contributed by atoms with Gasteiger partial charge in [-0.1, -0.05) is 60.2 Å². The van der Waals surface area contributed by atoms with Gasteiger partial charge in [0.05, 0.1) is 4.91 Å². The van der Waals surface area contributed by atoms with Crippen LogP contribution in [-0.2, 0) is 4.79 Å². The Balaban J connectivity index is 2.30. The van der Waals surface area contributed by atoms with Gasteiger partial charge in [-0.2, -0.15) is 0 Å². The van der Waals surface area contributed by atoms with E-state index in [1.165, 1.54) is 11.8 Å². The van der Waals surface area contributed by atoms with Crippen molar-refractivity contribution in [3.8, 4) is 0 Å². The minimum atomic E-state index is -0.0529. The van der Waals surface area contributed by atoms with Gasteiger partial charge in [0.15, 0.2) is 0 Å². The quantitative estimate of drug-likeness (QED) is 0.596. The maximum absolute atomic E-state index is 12.2. The summed E-state index contributed by atoms with van der Waals surface area (Å²) in [6.45, 7) is 2.66. The summed E-state index contributed by atoms with van der Waals surface area (Å²) >= 11 is 18.4. The van der Waals surface area contributed by atoms with Gasteiger partial charge in [0.2, 0.25) is 0 Å². The molecule has 0 spiro atoms. The van der Waals surface area contributed by atoms with Crippen LogP contribution >= 0.6 is 47.2 Å². The third-order valence-corrected chi connectivity index (χ3v) is 4.51. The standard InChI is InChI=1S/C13H11Cl2NOS2/c1-2-5-16-12(17)11(19-13(16)18)6-8-3-4-9(14)7-10(8)15/h3-4,6-7H,2,5H2,1H3. The molecule has 1 fully saturated rings. The van der Waals surface area contributed by atoms with Crippen LogP contribution in [0.2, 0.25) is 10.0 Å². The van der Waals surface area contributed by atoms with Gasteiger partial charge in [0.1, 0.15) is 4.32 Å². The van der Waals surface area contributed by atoms with E-state index in [1.807, 2.05) is 6.92 Å². The maximum Gasteiger partial charge on any atom is 0.266 e. The normalized spacial score (nSPS) is 17.6. The number of hydrogen-bond donors (Lipinski definition) is 0. The first-order chi connectivity index (χ1) is 9.02. The van der Waals surface area contributed by atoms with Crippen LogP contribution in [0.25, 0.3) is 6.08 Å². The highest BCUT2D eigenvalue weighted by atomic mass is 35.5. The number of amides is 1. The zero-order chi connectivity index (χ0) is 14.0. The van der Waals surface area contributed by atoms with Crippen molar-refractivity contribution in [3.63, 3.8) is 0 Å². The fourth-order valence-corrected chi connectivity index (χ4v) is 3.44. The summed E-state index contributed by atoms with van der Waals surface area (Å²) in [4.78, 5) is 14.4. The van der Waals surface area contributed by atoms with Crippen molar-refractivity contribution in [1.82, 2.24) is 4.90 Å². The molecule has 6 heteroatoms. The van der Waals surface area contributed by atoms with Gasteiger partial charge in [-0.3, -0.25) is 9.69 Å². The van der Waals surface area contributed by atoms with Crippen molar-refractivity contribution >= 4 is 63.5 Å². The number of halogens is 2. The Morgan fingerprint density at radius 2 is 2.16 bits per heavy atom. The molecule has 19 heavy (non-hydrogen) atoms. The minimum Gasteiger partial charge on any atom is -0.293 e. The second kappa shape index (κ2) is 6.27. The Hall–Kier alpha value is -0.550. The number of carbonyl (C=O) groups excluding carboxylic acids is 1. The molecule has 0 saturated carbocycles. The van der Waals surface area contributed by atoms with Crippen molar-refractivity contribution in [1.29, 1.82) is 0 Å². The molecule has 0 atom stereocenters. The molecule has 0 radical (unpaired) electrons. The Labute approximate surface area is 131 Å². The van der Waals surface area contributed by atoms with E-state index in [9.17, 15) is 4.79 Å².